The van der Waals surface area contributed by atoms with Crippen molar-refractivity contribution in [2.24, 2.45) is 5.92 Å². The van der Waals surface area contributed by atoms with Crippen LogP contribution in [0.3, 0.4) is 0 Å². The molecular weight excluding hydrogens is 394 g/mol. The van der Waals surface area contributed by atoms with Crippen molar-refractivity contribution in [1.29, 1.82) is 0 Å². The normalized spacial score (nSPS) is 17.1. The quantitative estimate of drug-likeness (QED) is 0.578. The SMILES string of the molecule is CCc1ccc(N2CC(C(=O)OC(C)C(=O)Nc3cccnc3Cl)CC2=O)cc1. The second-order valence-electron chi connectivity index (χ2n) is 6.84. The van der Waals surface area contributed by atoms with E-state index in [1.165, 1.54) is 18.7 Å². The van der Waals surface area contributed by atoms with Gasteiger partial charge in [-0.15, -0.1) is 0 Å². The number of carbonyl (C=O) groups is 3. The lowest BCUT2D eigenvalue weighted by atomic mass is 10.1. The van der Waals surface area contributed by atoms with Gasteiger partial charge in [-0.2, -0.15) is 0 Å². The lowest BCUT2D eigenvalue weighted by Gasteiger charge is -2.18. The third-order valence-corrected chi connectivity index (χ3v) is 5.09. The zero-order valence-corrected chi connectivity index (χ0v) is 17.0. The first-order valence-electron chi connectivity index (χ1n) is 9.40. The predicted molar refractivity (Wildman–Crippen MR) is 110 cm³/mol. The van der Waals surface area contributed by atoms with E-state index in [0.717, 1.165) is 12.1 Å². The van der Waals surface area contributed by atoms with Crippen molar-refractivity contribution < 1.29 is 19.1 Å². The molecule has 2 amide bonds. The van der Waals surface area contributed by atoms with Crippen LogP contribution in [0.15, 0.2) is 42.6 Å². The number of pyridine rings is 1. The predicted octanol–water partition coefficient (Wildman–Crippen LogP) is 3.22. The van der Waals surface area contributed by atoms with Gasteiger partial charge in [-0.05, 0) is 43.2 Å². The summed E-state index contributed by atoms with van der Waals surface area (Å²) in [5.41, 5.74) is 2.25. The Labute approximate surface area is 174 Å². The zero-order chi connectivity index (χ0) is 21.0. The number of nitrogens with zero attached hydrogens (tertiary/aromatic N) is 2. The lowest BCUT2D eigenvalue weighted by Crippen LogP contribution is -2.33. The lowest BCUT2D eigenvalue weighted by molar-refractivity contribution is -0.157. The number of amides is 2. The van der Waals surface area contributed by atoms with Gasteiger partial charge in [-0.3, -0.25) is 14.4 Å². The molecule has 0 bridgehead atoms. The number of hydrogen-bond acceptors (Lipinski definition) is 5. The van der Waals surface area contributed by atoms with Crippen LogP contribution < -0.4 is 10.2 Å². The van der Waals surface area contributed by atoms with Crippen molar-refractivity contribution in [1.82, 2.24) is 4.98 Å². The summed E-state index contributed by atoms with van der Waals surface area (Å²) in [6, 6.07) is 10.9. The first-order valence-corrected chi connectivity index (χ1v) is 9.78. The molecule has 1 aromatic heterocycles. The summed E-state index contributed by atoms with van der Waals surface area (Å²) >= 11 is 5.92. The highest BCUT2D eigenvalue weighted by Crippen LogP contribution is 2.27. The van der Waals surface area contributed by atoms with E-state index in [0.29, 0.717) is 5.69 Å². The standard InChI is InChI=1S/C21H22ClN3O4/c1-3-14-6-8-16(9-7-14)25-12-15(11-18(25)26)21(28)29-13(2)20(27)24-17-5-4-10-23-19(17)22/h4-10,13,15H,3,11-12H2,1-2H3,(H,24,27). The Hall–Kier alpha value is -2.93. The first kappa shape index (κ1) is 20.8. The minimum Gasteiger partial charge on any atom is -0.452 e. The number of ether oxygens (including phenoxy) is 1. The second-order valence-corrected chi connectivity index (χ2v) is 7.19. The van der Waals surface area contributed by atoms with Gasteiger partial charge in [0.15, 0.2) is 11.3 Å². The molecule has 29 heavy (non-hydrogen) atoms. The maximum absolute atomic E-state index is 12.5. The molecule has 1 saturated heterocycles. The number of anilines is 2. The van der Waals surface area contributed by atoms with Crippen molar-refractivity contribution in [2.75, 3.05) is 16.8 Å². The van der Waals surface area contributed by atoms with E-state index < -0.39 is 23.9 Å². The van der Waals surface area contributed by atoms with Gasteiger partial charge in [0.05, 0.1) is 11.6 Å². The summed E-state index contributed by atoms with van der Waals surface area (Å²) in [6.45, 7) is 3.75. The molecule has 2 aromatic rings. The Bertz CT molecular complexity index is 916. The minimum absolute atomic E-state index is 0.0527. The molecule has 1 aliphatic rings. The number of nitrogens with one attached hydrogen (secondary N) is 1. The fourth-order valence-electron chi connectivity index (χ4n) is 3.06. The van der Waals surface area contributed by atoms with E-state index in [1.54, 1.807) is 17.0 Å². The minimum atomic E-state index is -1.04. The molecule has 3 rings (SSSR count). The van der Waals surface area contributed by atoms with Crippen molar-refractivity contribution in [3.05, 3.63) is 53.3 Å². The molecule has 0 radical (unpaired) electrons. The van der Waals surface area contributed by atoms with Crippen molar-refractivity contribution in [2.45, 2.75) is 32.8 Å². The molecule has 7 nitrogen and oxygen atoms in total. The van der Waals surface area contributed by atoms with Crippen LogP contribution in [0.2, 0.25) is 5.15 Å². The third kappa shape index (κ3) is 4.92. The van der Waals surface area contributed by atoms with Crippen LogP contribution in [0.25, 0.3) is 0 Å². The maximum atomic E-state index is 12.5. The van der Waals surface area contributed by atoms with Crippen molar-refractivity contribution >= 4 is 40.8 Å². The van der Waals surface area contributed by atoms with Crippen LogP contribution in [0.5, 0.6) is 0 Å². The fraction of sp³-hybridized carbons (Fsp3) is 0.333. The van der Waals surface area contributed by atoms with Gasteiger partial charge in [-0.25, -0.2) is 4.98 Å². The molecule has 1 aliphatic heterocycles. The van der Waals surface area contributed by atoms with Crippen molar-refractivity contribution in [3.8, 4) is 0 Å². The molecule has 152 valence electrons. The van der Waals surface area contributed by atoms with Gasteiger partial charge < -0.3 is 15.0 Å². The molecular formula is C21H22ClN3O4. The molecule has 0 aliphatic carbocycles. The Balaban J connectivity index is 1.58. The first-order chi connectivity index (χ1) is 13.9. The summed E-state index contributed by atoms with van der Waals surface area (Å²) in [6.07, 6.45) is 1.43. The number of benzene rings is 1. The van der Waals surface area contributed by atoms with Gasteiger partial charge in [-0.1, -0.05) is 30.7 Å². The van der Waals surface area contributed by atoms with Gasteiger partial charge in [0, 0.05) is 24.8 Å². The molecule has 1 N–H and O–H groups in total. The molecule has 1 aromatic carbocycles. The average Bonchev–Trinajstić information content (AvgIpc) is 3.11. The smallest absolute Gasteiger partial charge is 0.312 e. The van der Waals surface area contributed by atoms with Crippen LogP contribution in [0, 0.1) is 5.92 Å². The van der Waals surface area contributed by atoms with Gasteiger partial charge in [0.25, 0.3) is 5.91 Å². The third-order valence-electron chi connectivity index (χ3n) is 4.79. The van der Waals surface area contributed by atoms with Crippen molar-refractivity contribution in [3.63, 3.8) is 0 Å². The summed E-state index contributed by atoms with van der Waals surface area (Å²) in [5.74, 6) is -1.86. The molecule has 2 atom stereocenters. The number of aryl methyl sites for hydroxylation is 1. The van der Waals surface area contributed by atoms with Crippen LogP contribution >= 0.6 is 11.6 Å². The van der Waals surface area contributed by atoms with E-state index in [-0.39, 0.29) is 24.0 Å². The van der Waals surface area contributed by atoms with Crippen LogP contribution in [0.1, 0.15) is 25.8 Å². The molecule has 2 unspecified atom stereocenters. The summed E-state index contributed by atoms with van der Waals surface area (Å²) in [4.78, 5) is 42.6. The highest BCUT2D eigenvalue weighted by molar-refractivity contribution is 6.32. The number of carbonyl (C=O) groups excluding carboxylic acids is 3. The Morgan fingerprint density at radius 3 is 2.69 bits per heavy atom. The molecule has 0 spiro atoms. The van der Waals surface area contributed by atoms with E-state index >= 15 is 0 Å². The Morgan fingerprint density at radius 1 is 1.31 bits per heavy atom. The van der Waals surface area contributed by atoms with Gasteiger partial charge in [0.2, 0.25) is 5.91 Å². The number of esters is 1. The fourth-order valence-corrected chi connectivity index (χ4v) is 3.23. The highest BCUT2D eigenvalue weighted by atomic mass is 35.5. The number of hydrogen-bond donors (Lipinski definition) is 1. The number of aromatic nitrogens is 1. The van der Waals surface area contributed by atoms with E-state index in [2.05, 4.69) is 17.2 Å². The van der Waals surface area contributed by atoms with Gasteiger partial charge in [0.1, 0.15) is 0 Å². The number of halogens is 1. The average molecular weight is 416 g/mol. The van der Waals surface area contributed by atoms with Crippen LogP contribution in [0.4, 0.5) is 11.4 Å². The molecule has 8 heteroatoms. The molecule has 2 heterocycles. The van der Waals surface area contributed by atoms with E-state index in [9.17, 15) is 14.4 Å². The largest absolute Gasteiger partial charge is 0.452 e. The van der Waals surface area contributed by atoms with Gasteiger partial charge >= 0.3 is 5.97 Å². The summed E-state index contributed by atoms with van der Waals surface area (Å²) in [7, 11) is 0. The maximum Gasteiger partial charge on any atom is 0.312 e. The highest BCUT2D eigenvalue weighted by Gasteiger charge is 2.37. The van der Waals surface area contributed by atoms with Crippen LogP contribution in [-0.2, 0) is 25.5 Å². The Morgan fingerprint density at radius 2 is 2.03 bits per heavy atom. The van der Waals surface area contributed by atoms with E-state index in [1.807, 2.05) is 24.3 Å². The van der Waals surface area contributed by atoms with Crippen LogP contribution in [-0.4, -0.2) is 35.4 Å². The van der Waals surface area contributed by atoms with E-state index in [4.69, 9.17) is 16.3 Å². The second kappa shape index (κ2) is 9.05. The zero-order valence-electron chi connectivity index (χ0n) is 16.2. The molecule has 0 saturated carbocycles. The Kier molecular flexibility index (Phi) is 6.49. The topological polar surface area (TPSA) is 88.6 Å². The number of rotatable bonds is 6. The summed E-state index contributed by atoms with van der Waals surface area (Å²) in [5, 5.41) is 2.72. The summed E-state index contributed by atoms with van der Waals surface area (Å²) < 4.78 is 5.28. The monoisotopic (exact) mass is 415 g/mol. The molecule has 1 fully saturated rings.